The minimum atomic E-state index is 0.425. The molecule has 1 heterocycles. The first-order chi connectivity index (χ1) is 8.72. The Labute approximate surface area is 113 Å². The van der Waals surface area contributed by atoms with Crippen molar-refractivity contribution in [3.05, 3.63) is 28.8 Å². The normalized spacial score (nSPS) is 20.9. The van der Waals surface area contributed by atoms with Crippen LogP contribution in [0.25, 0.3) is 0 Å². The van der Waals surface area contributed by atoms with Crippen LogP contribution in [0, 0.1) is 5.92 Å². The molecule has 2 rings (SSSR count). The molecule has 1 aliphatic rings. The summed E-state index contributed by atoms with van der Waals surface area (Å²) in [5.41, 5.74) is 1.02. The Kier molecular flexibility index (Phi) is 4.87. The van der Waals surface area contributed by atoms with Crippen LogP contribution in [0.3, 0.4) is 0 Å². The first-order valence-corrected chi connectivity index (χ1v) is 6.72. The average Bonchev–Trinajstić information content (AvgIpc) is 2.90. The summed E-state index contributed by atoms with van der Waals surface area (Å²) in [6.07, 6.45) is 1.13. The van der Waals surface area contributed by atoms with Crippen LogP contribution in [0.5, 0.6) is 5.75 Å². The van der Waals surface area contributed by atoms with Crippen molar-refractivity contribution in [2.24, 2.45) is 5.92 Å². The van der Waals surface area contributed by atoms with E-state index in [4.69, 9.17) is 21.1 Å². The molecule has 1 aliphatic heterocycles. The first-order valence-electron chi connectivity index (χ1n) is 6.35. The number of hydrogen-bond donors (Lipinski definition) is 1. The van der Waals surface area contributed by atoms with Gasteiger partial charge in [-0.05, 0) is 31.4 Å². The fourth-order valence-electron chi connectivity index (χ4n) is 2.28. The van der Waals surface area contributed by atoms with Crippen molar-refractivity contribution in [2.75, 3.05) is 20.3 Å². The maximum atomic E-state index is 6.21. The second-order valence-electron chi connectivity index (χ2n) is 4.71. The Balaban J connectivity index is 1.96. The first kappa shape index (κ1) is 13.7. The lowest BCUT2D eigenvalue weighted by Gasteiger charge is -2.20. The molecular weight excluding hydrogens is 250 g/mol. The van der Waals surface area contributed by atoms with Crippen LogP contribution in [0.1, 0.15) is 18.9 Å². The summed E-state index contributed by atoms with van der Waals surface area (Å²) in [4.78, 5) is 0. The lowest BCUT2D eigenvalue weighted by atomic mass is 10.0. The fraction of sp³-hybridized carbons (Fsp3) is 0.571. The van der Waals surface area contributed by atoms with E-state index < -0.39 is 0 Å². The number of benzene rings is 1. The monoisotopic (exact) mass is 269 g/mol. The molecule has 0 bridgehead atoms. The van der Waals surface area contributed by atoms with Crippen molar-refractivity contribution >= 4 is 11.6 Å². The summed E-state index contributed by atoms with van der Waals surface area (Å²) in [5.74, 6) is 1.43. The third-order valence-corrected chi connectivity index (χ3v) is 3.92. The van der Waals surface area contributed by atoms with Gasteiger partial charge in [0.15, 0.2) is 0 Å². The number of ether oxygens (including phenoxy) is 2. The summed E-state index contributed by atoms with van der Waals surface area (Å²) in [6.45, 7) is 4.66. The van der Waals surface area contributed by atoms with E-state index in [1.807, 2.05) is 18.2 Å². The largest absolute Gasteiger partial charge is 0.496 e. The number of hydrogen-bond acceptors (Lipinski definition) is 3. The standard InChI is InChI=1S/C14H20ClNO2/c1-10(11-6-7-18-9-11)16-8-12-13(15)4-3-5-14(12)17-2/h3-5,10-11,16H,6-9H2,1-2H3. The van der Waals surface area contributed by atoms with Crippen LogP contribution in [0.15, 0.2) is 18.2 Å². The minimum Gasteiger partial charge on any atom is -0.496 e. The molecule has 1 aromatic carbocycles. The van der Waals surface area contributed by atoms with Gasteiger partial charge in [0, 0.05) is 29.8 Å². The molecule has 4 heteroatoms. The van der Waals surface area contributed by atoms with E-state index >= 15 is 0 Å². The third-order valence-electron chi connectivity index (χ3n) is 3.57. The summed E-state index contributed by atoms with van der Waals surface area (Å²) in [6, 6.07) is 6.16. The number of nitrogens with one attached hydrogen (secondary N) is 1. The Bertz CT molecular complexity index is 391. The van der Waals surface area contributed by atoms with Gasteiger partial charge < -0.3 is 14.8 Å². The molecule has 1 fully saturated rings. The van der Waals surface area contributed by atoms with Crippen LogP contribution < -0.4 is 10.1 Å². The molecule has 100 valence electrons. The van der Waals surface area contributed by atoms with Crippen molar-refractivity contribution in [2.45, 2.75) is 25.9 Å². The zero-order valence-electron chi connectivity index (χ0n) is 10.9. The molecule has 2 unspecified atom stereocenters. The number of halogens is 1. The molecule has 0 aromatic heterocycles. The van der Waals surface area contributed by atoms with Gasteiger partial charge in [-0.2, -0.15) is 0 Å². The highest BCUT2D eigenvalue weighted by molar-refractivity contribution is 6.31. The van der Waals surface area contributed by atoms with Gasteiger partial charge in [0.25, 0.3) is 0 Å². The van der Waals surface area contributed by atoms with E-state index in [1.165, 1.54) is 0 Å². The molecule has 1 aromatic rings. The zero-order chi connectivity index (χ0) is 13.0. The van der Waals surface area contributed by atoms with Crippen molar-refractivity contribution in [1.82, 2.24) is 5.32 Å². The van der Waals surface area contributed by atoms with E-state index in [0.717, 1.165) is 42.5 Å². The van der Waals surface area contributed by atoms with Crippen LogP contribution in [0.4, 0.5) is 0 Å². The lowest BCUT2D eigenvalue weighted by Crippen LogP contribution is -2.33. The van der Waals surface area contributed by atoms with Crippen LogP contribution in [0.2, 0.25) is 5.02 Å². The Morgan fingerprint density at radius 3 is 3.06 bits per heavy atom. The molecule has 0 radical (unpaired) electrons. The zero-order valence-corrected chi connectivity index (χ0v) is 11.7. The highest BCUT2D eigenvalue weighted by atomic mass is 35.5. The highest BCUT2D eigenvalue weighted by Gasteiger charge is 2.22. The SMILES string of the molecule is COc1cccc(Cl)c1CNC(C)C1CCOC1. The number of rotatable bonds is 5. The second kappa shape index (κ2) is 6.41. The third kappa shape index (κ3) is 3.16. The van der Waals surface area contributed by atoms with Gasteiger partial charge >= 0.3 is 0 Å². The van der Waals surface area contributed by atoms with Gasteiger partial charge in [-0.15, -0.1) is 0 Å². The predicted octanol–water partition coefficient (Wildman–Crippen LogP) is 2.86. The quantitative estimate of drug-likeness (QED) is 0.892. The maximum absolute atomic E-state index is 6.21. The molecule has 1 N–H and O–H groups in total. The van der Waals surface area contributed by atoms with Crippen molar-refractivity contribution < 1.29 is 9.47 Å². The van der Waals surface area contributed by atoms with E-state index in [1.54, 1.807) is 7.11 Å². The topological polar surface area (TPSA) is 30.5 Å². The molecule has 3 nitrogen and oxygen atoms in total. The Morgan fingerprint density at radius 1 is 1.56 bits per heavy atom. The van der Waals surface area contributed by atoms with Gasteiger partial charge in [-0.3, -0.25) is 0 Å². The van der Waals surface area contributed by atoms with Crippen LogP contribution in [-0.4, -0.2) is 26.4 Å². The van der Waals surface area contributed by atoms with Crippen molar-refractivity contribution in [1.29, 1.82) is 0 Å². The average molecular weight is 270 g/mol. The van der Waals surface area contributed by atoms with E-state index in [-0.39, 0.29) is 0 Å². The molecule has 0 amide bonds. The molecule has 0 spiro atoms. The van der Waals surface area contributed by atoms with Gasteiger partial charge in [0.05, 0.1) is 13.7 Å². The van der Waals surface area contributed by atoms with E-state index in [2.05, 4.69) is 12.2 Å². The van der Waals surface area contributed by atoms with Gasteiger partial charge in [-0.25, -0.2) is 0 Å². The predicted molar refractivity (Wildman–Crippen MR) is 73.2 cm³/mol. The van der Waals surface area contributed by atoms with E-state index in [0.29, 0.717) is 12.0 Å². The van der Waals surface area contributed by atoms with Gasteiger partial charge in [0.1, 0.15) is 5.75 Å². The minimum absolute atomic E-state index is 0.425. The Morgan fingerprint density at radius 2 is 2.39 bits per heavy atom. The highest BCUT2D eigenvalue weighted by Crippen LogP contribution is 2.26. The van der Waals surface area contributed by atoms with Gasteiger partial charge in [0.2, 0.25) is 0 Å². The fourth-order valence-corrected chi connectivity index (χ4v) is 2.51. The van der Waals surface area contributed by atoms with Crippen molar-refractivity contribution in [3.63, 3.8) is 0 Å². The lowest BCUT2D eigenvalue weighted by molar-refractivity contribution is 0.178. The van der Waals surface area contributed by atoms with Crippen LogP contribution >= 0.6 is 11.6 Å². The molecule has 0 saturated carbocycles. The Hall–Kier alpha value is -0.770. The summed E-state index contributed by atoms with van der Waals surface area (Å²) >= 11 is 6.21. The summed E-state index contributed by atoms with van der Waals surface area (Å²) in [7, 11) is 1.67. The van der Waals surface area contributed by atoms with Crippen molar-refractivity contribution in [3.8, 4) is 5.75 Å². The molecular formula is C14H20ClNO2. The maximum Gasteiger partial charge on any atom is 0.124 e. The molecule has 2 atom stereocenters. The summed E-state index contributed by atoms with van der Waals surface area (Å²) < 4.78 is 10.7. The van der Waals surface area contributed by atoms with E-state index in [9.17, 15) is 0 Å². The van der Waals surface area contributed by atoms with Crippen LogP contribution in [-0.2, 0) is 11.3 Å². The van der Waals surface area contributed by atoms with Gasteiger partial charge in [-0.1, -0.05) is 17.7 Å². The summed E-state index contributed by atoms with van der Waals surface area (Å²) in [5, 5.41) is 4.26. The second-order valence-corrected chi connectivity index (χ2v) is 5.12. The molecule has 1 saturated heterocycles. The smallest absolute Gasteiger partial charge is 0.124 e. The molecule has 18 heavy (non-hydrogen) atoms. The molecule has 0 aliphatic carbocycles. The number of methoxy groups -OCH3 is 1.